The van der Waals surface area contributed by atoms with Crippen LogP contribution in [0.3, 0.4) is 0 Å². The van der Waals surface area contributed by atoms with Crippen molar-refractivity contribution in [2.45, 2.75) is 16.9 Å². The monoisotopic (exact) mass is 551 g/mol. The minimum absolute atomic E-state index is 0.0108. The molecule has 1 saturated heterocycles. The summed E-state index contributed by atoms with van der Waals surface area (Å²) in [7, 11) is 3.84. The Bertz CT molecular complexity index is 1360. The summed E-state index contributed by atoms with van der Waals surface area (Å²) in [6.45, 7) is 3.31. The maximum absolute atomic E-state index is 13.0. The summed E-state index contributed by atoms with van der Waals surface area (Å²) in [4.78, 5) is 46.9. The Morgan fingerprint density at radius 3 is 2.34 bits per heavy atom. The Morgan fingerprint density at radius 1 is 1.05 bits per heavy atom. The number of phenols is 1. The quantitative estimate of drug-likeness (QED) is 0.249. The van der Waals surface area contributed by atoms with E-state index in [0.29, 0.717) is 42.5 Å². The molecule has 2 N–H and O–H groups in total. The summed E-state index contributed by atoms with van der Waals surface area (Å²) in [5.41, 5.74) is 2.34. The third-order valence-corrected chi connectivity index (χ3v) is 8.54. The number of benzene rings is 2. The number of piperazine rings is 1. The molecule has 2 heterocycles. The van der Waals surface area contributed by atoms with Crippen LogP contribution in [0, 0.1) is 5.41 Å². The molecule has 1 aromatic heterocycles. The molecule has 11 heteroatoms. The highest BCUT2D eigenvalue weighted by Gasteiger charge is 2.25. The number of carbonyl (C=O) groups excluding carboxylic acids is 3. The molecule has 0 radical (unpaired) electrons. The lowest BCUT2D eigenvalue weighted by molar-refractivity contribution is -0.130. The molecule has 0 atom stereocenters. The van der Waals surface area contributed by atoms with Gasteiger partial charge in [-0.1, -0.05) is 6.07 Å². The zero-order valence-electron chi connectivity index (χ0n) is 21.4. The van der Waals surface area contributed by atoms with Gasteiger partial charge < -0.3 is 19.8 Å². The minimum atomic E-state index is -0.382. The normalized spacial score (nSPS) is 13.3. The fourth-order valence-electron chi connectivity index (χ4n) is 3.99. The number of phenolic OH excluding ortho intramolecular Hbond substituents is 1. The number of hydrogen-bond donors (Lipinski definition) is 2. The van der Waals surface area contributed by atoms with Gasteiger partial charge in [0.1, 0.15) is 16.5 Å². The van der Waals surface area contributed by atoms with Crippen molar-refractivity contribution in [3.05, 3.63) is 70.4 Å². The van der Waals surface area contributed by atoms with E-state index in [1.54, 1.807) is 40.3 Å². The molecular formula is C27H29N5O4S2. The van der Waals surface area contributed by atoms with Gasteiger partial charge in [0, 0.05) is 64.2 Å². The molecule has 2 amide bonds. The van der Waals surface area contributed by atoms with Gasteiger partial charge in [0.05, 0.1) is 16.0 Å². The van der Waals surface area contributed by atoms with E-state index in [0.717, 1.165) is 15.5 Å². The van der Waals surface area contributed by atoms with Gasteiger partial charge in [-0.2, -0.15) is 0 Å². The average molecular weight is 552 g/mol. The number of thioether (sulfide) groups is 1. The van der Waals surface area contributed by atoms with Gasteiger partial charge in [0.25, 0.3) is 5.91 Å². The fourth-order valence-corrected chi connectivity index (χ4v) is 5.85. The van der Waals surface area contributed by atoms with Gasteiger partial charge in [-0.25, -0.2) is 4.98 Å². The van der Waals surface area contributed by atoms with Crippen molar-refractivity contribution in [2.75, 3.05) is 45.2 Å². The number of aromatic nitrogens is 1. The predicted molar refractivity (Wildman–Crippen MR) is 150 cm³/mol. The molecule has 38 heavy (non-hydrogen) atoms. The lowest BCUT2D eigenvalue weighted by Crippen LogP contribution is -2.50. The fraction of sp³-hybridized carbons (Fsp3) is 0.296. The first kappa shape index (κ1) is 27.3. The second kappa shape index (κ2) is 11.8. The highest BCUT2D eigenvalue weighted by Crippen LogP contribution is 2.31. The van der Waals surface area contributed by atoms with Gasteiger partial charge in [-0.05, 0) is 42.0 Å². The average Bonchev–Trinajstić information content (AvgIpc) is 3.40. The maximum Gasteiger partial charge on any atom is 0.257 e. The number of carbonyl (C=O) groups is 3. The van der Waals surface area contributed by atoms with Gasteiger partial charge in [-0.15, -0.1) is 23.1 Å². The summed E-state index contributed by atoms with van der Waals surface area (Å²) >= 11 is 2.75. The minimum Gasteiger partial charge on any atom is -0.507 e. The van der Waals surface area contributed by atoms with E-state index in [1.807, 2.05) is 31.1 Å². The third kappa shape index (κ3) is 6.22. The number of ketones is 1. The van der Waals surface area contributed by atoms with E-state index in [4.69, 9.17) is 5.41 Å². The molecular weight excluding hydrogens is 522 g/mol. The summed E-state index contributed by atoms with van der Waals surface area (Å²) in [6.07, 6.45) is 1.64. The van der Waals surface area contributed by atoms with Crippen LogP contribution in [0.1, 0.15) is 38.2 Å². The van der Waals surface area contributed by atoms with Crippen LogP contribution in [0.15, 0.2) is 52.9 Å². The van der Waals surface area contributed by atoms with E-state index in [2.05, 4.69) is 4.98 Å². The SMILES string of the molecule is CC(=O)N1CCN(C(=O)c2cc(CSc3cnc(C(=N)C(=O)c4ccc(N(C)C)cc4)s3)ccc2O)CC1. The topological polar surface area (TPSA) is 118 Å². The number of hydrogen-bond acceptors (Lipinski definition) is 9. The van der Waals surface area contributed by atoms with Crippen molar-refractivity contribution in [1.82, 2.24) is 14.8 Å². The van der Waals surface area contributed by atoms with Crippen LogP contribution in [0.4, 0.5) is 5.69 Å². The van der Waals surface area contributed by atoms with Crippen molar-refractivity contribution in [3.8, 4) is 5.75 Å². The molecule has 0 saturated carbocycles. The predicted octanol–water partition coefficient (Wildman–Crippen LogP) is 3.76. The van der Waals surface area contributed by atoms with Crippen molar-refractivity contribution in [3.63, 3.8) is 0 Å². The Morgan fingerprint density at radius 2 is 1.71 bits per heavy atom. The van der Waals surface area contributed by atoms with Crippen LogP contribution in [-0.4, -0.2) is 83.5 Å². The number of aromatic hydroxyl groups is 1. The van der Waals surface area contributed by atoms with Crippen LogP contribution < -0.4 is 4.90 Å². The van der Waals surface area contributed by atoms with Gasteiger partial charge in [0.15, 0.2) is 0 Å². The molecule has 1 aliphatic rings. The molecule has 0 spiro atoms. The van der Waals surface area contributed by atoms with Crippen LogP contribution in [0.5, 0.6) is 5.75 Å². The van der Waals surface area contributed by atoms with Crippen molar-refractivity contribution < 1.29 is 19.5 Å². The molecule has 1 aliphatic heterocycles. The van der Waals surface area contributed by atoms with E-state index in [-0.39, 0.29) is 34.6 Å². The second-order valence-corrected chi connectivity index (χ2v) is 11.4. The Labute approximate surface area is 229 Å². The van der Waals surface area contributed by atoms with Crippen LogP contribution in [0.25, 0.3) is 0 Å². The Balaban J connectivity index is 1.37. The van der Waals surface area contributed by atoms with Gasteiger partial charge in [-0.3, -0.25) is 19.8 Å². The number of nitrogens with one attached hydrogen (secondary N) is 1. The molecule has 1 fully saturated rings. The lowest BCUT2D eigenvalue weighted by atomic mass is 10.1. The lowest BCUT2D eigenvalue weighted by Gasteiger charge is -2.34. The largest absolute Gasteiger partial charge is 0.507 e. The highest BCUT2D eigenvalue weighted by molar-refractivity contribution is 8.00. The number of anilines is 1. The number of rotatable bonds is 8. The number of amides is 2. The number of thiazole rings is 1. The highest BCUT2D eigenvalue weighted by atomic mass is 32.2. The molecule has 198 valence electrons. The standard InChI is InChI=1S/C27H29N5O4S2/c1-17(33)31-10-12-32(13-11-31)27(36)21-14-18(4-9-22(21)34)16-37-23-15-29-26(38-23)24(28)25(35)19-5-7-20(8-6-19)30(2)3/h4-9,14-15,28,34H,10-13,16H2,1-3H3. The maximum atomic E-state index is 13.0. The molecule has 3 aromatic rings. The summed E-state index contributed by atoms with van der Waals surface area (Å²) in [5, 5.41) is 19.0. The zero-order chi connectivity index (χ0) is 27.4. The first-order chi connectivity index (χ1) is 18.1. The van der Waals surface area contributed by atoms with Crippen LogP contribution >= 0.6 is 23.1 Å². The summed E-state index contributed by atoms with van der Waals surface area (Å²) in [6, 6.07) is 12.1. The van der Waals surface area contributed by atoms with Crippen molar-refractivity contribution in [1.29, 1.82) is 5.41 Å². The Kier molecular flexibility index (Phi) is 8.48. The van der Waals surface area contributed by atoms with Gasteiger partial charge in [0.2, 0.25) is 11.7 Å². The van der Waals surface area contributed by atoms with E-state index in [9.17, 15) is 19.5 Å². The van der Waals surface area contributed by atoms with Crippen molar-refractivity contribution >= 4 is 52.1 Å². The number of Topliss-reactive ketones (excluding diaryl/α,β-unsaturated/α-hetero) is 1. The smallest absolute Gasteiger partial charge is 0.257 e. The van der Waals surface area contributed by atoms with E-state index in [1.165, 1.54) is 36.1 Å². The van der Waals surface area contributed by atoms with Crippen molar-refractivity contribution in [2.24, 2.45) is 0 Å². The summed E-state index contributed by atoms with van der Waals surface area (Å²) < 4.78 is 0.835. The third-order valence-electron chi connectivity index (χ3n) is 6.26. The molecule has 0 unspecified atom stereocenters. The number of nitrogens with zero attached hydrogens (tertiary/aromatic N) is 4. The molecule has 4 rings (SSSR count). The second-order valence-electron chi connectivity index (χ2n) is 9.07. The molecule has 0 aliphatic carbocycles. The van der Waals surface area contributed by atoms with E-state index >= 15 is 0 Å². The first-order valence-corrected chi connectivity index (χ1v) is 13.8. The van der Waals surface area contributed by atoms with Crippen LogP contribution in [0.2, 0.25) is 0 Å². The molecule has 0 bridgehead atoms. The summed E-state index contributed by atoms with van der Waals surface area (Å²) in [5.74, 6) is -0.213. The molecule has 2 aromatic carbocycles. The Hall–Kier alpha value is -3.70. The first-order valence-electron chi connectivity index (χ1n) is 12.0. The van der Waals surface area contributed by atoms with E-state index < -0.39 is 0 Å². The van der Waals surface area contributed by atoms with Crippen LogP contribution in [-0.2, 0) is 10.5 Å². The van der Waals surface area contributed by atoms with Gasteiger partial charge >= 0.3 is 0 Å². The molecule has 9 nitrogen and oxygen atoms in total. The zero-order valence-corrected chi connectivity index (χ0v) is 23.1.